The largest absolute Gasteiger partial charge is 0.480 e. The zero-order valence-corrected chi connectivity index (χ0v) is 15.0. The van der Waals surface area contributed by atoms with Crippen LogP contribution in [0.1, 0.15) is 72.6 Å². The minimum atomic E-state index is -1.63. The van der Waals surface area contributed by atoms with E-state index in [4.69, 9.17) is 0 Å². The Bertz CT molecular complexity index is 421. The van der Waals surface area contributed by atoms with E-state index < -0.39 is 17.4 Å². The Morgan fingerprint density at radius 1 is 1.13 bits per heavy atom. The van der Waals surface area contributed by atoms with Crippen LogP contribution in [0.25, 0.3) is 0 Å². The molecule has 0 radical (unpaired) electrons. The van der Waals surface area contributed by atoms with Gasteiger partial charge in [0.1, 0.15) is 0 Å². The lowest BCUT2D eigenvalue weighted by molar-refractivity contribution is -0.165. The quantitative estimate of drug-likeness (QED) is 0.389. The summed E-state index contributed by atoms with van der Waals surface area (Å²) >= 11 is 0. The molecule has 4 nitrogen and oxygen atoms in total. The zero-order valence-electron chi connectivity index (χ0n) is 15.0. The van der Waals surface area contributed by atoms with E-state index in [9.17, 15) is 19.8 Å². The summed E-state index contributed by atoms with van der Waals surface area (Å²) in [5.74, 6) is -2.13. The highest BCUT2D eigenvalue weighted by Gasteiger charge is 2.44. The van der Waals surface area contributed by atoms with E-state index in [1.165, 1.54) is 5.57 Å². The second-order valence-electron chi connectivity index (χ2n) is 6.43. The van der Waals surface area contributed by atoms with E-state index in [0.29, 0.717) is 12.3 Å². The first-order valence-corrected chi connectivity index (χ1v) is 8.53. The highest BCUT2D eigenvalue weighted by Crippen LogP contribution is 2.31. The molecule has 0 aliphatic heterocycles. The SMILES string of the molecule is CC=CCCC(C)=CCCC(C)CCC(CC)(C(=O)O)C(=O)O. The summed E-state index contributed by atoms with van der Waals surface area (Å²) in [5.41, 5.74) is -0.263. The van der Waals surface area contributed by atoms with Crippen LogP contribution in [-0.2, 0) is 9.59 Å². The van der Waals surface area contributed by atoms with Gasteiger partial charge < -0.3 is 10.2 Å². The second-order valence-corrected chi connectivity index (χ2v) is 6.43. The van der Waals surface area contributed by atoms with Crippen molar-refractivity contribution in [2.24, 2.45) is 11.3 Å². The molecule has 132 valence electrons. The average molecular weight is 324 g/mol. The van der Waals surface area contributed by atoms with Gasteiger partial charge in [0.05, 0.1) is 0 Å². The summed E-state index contributed by atoms with van der Waals surface area (Å²) in [6, 6.07) is 0. The van der Waals surface area contributed by atoms with Crippen molar-refractivity contribution in [3.8, 4) is 0 Å². The number of aliphatic carboxylic acids is 2. The van der Waals surface area contributed by atoms with Crippen LogP contribution in [0.5, 0.6) is 0 Å². The standard InChI is InChI=1S/C19H32O4/c1-5-7-8-10-15(3)11-9-12-16(4)13-14-19(6-2,17(20)21)18(22)23/h5,7,11,16H,6,8-10,12-14H2,1-4H3,(H,20,21)(H,22,23). The molecule has 0 fully saturated rings. The molecule has 1 unspecified atom stereocenters. The fourth-order valence-corrected chi connectivity index (χ4v) is 2.62. The Kier molecular flexibility index (Phi) is 10.3. The van der Waals surface area contributed by atoms with Crippen molar-refractivity contribution in [3.63, 3.8) is 0 Å². The molecule has 4 heteroatoms. The maximum atomic E-state index is 11.3. The first-order chi connectivity index (χ1) is 10.8. The van der Waals surface area contributed by atoms with Crippen molar-refractivity contribution in [1.82, 2.24) is 0 Å². The van der Waals surface area contributed by atoms with Crippen molar-refractivity contribution in [3.05, 3.63) is 23.8 Å². The predicted molar refractivity (Wildman–Crippen MR) is 93.4 cm³/mol. The molecule has 0 aromatic carbocycles. The third kappa shape index (κ3) is 7.49. The maximum absolute atomic E-state index is 11.3. The summed E-state index contributed by atoms with van der Waals surface area (Å²) in [6.07, 6.45) is 11.4. The number of allylic oxidation sites excluding steroid dienone is 4. The third-order valence-electron chi connectivity index (χ3n) is 4.58. The summed E-state index contributed by atoms with van der Waals surface area (Å²) < 4.78 is 0. The zero-order chi connectivity index (χ0) is 17.9. The number of carboxylic acid groups (broad SMARTS) is 2. The molecule has 2 N–H and O–H groups in total. The summed E-state index contributed by atoms with van der Waals surface area (Å²) in [7, 11) is 0. The van der Waals surface area contributed by atoms with Crippen LogP contribution in [0.15, 0.2) is 23.8 Å². The van der Waals surface area contributed by atoms with Crippen LogP contribution in [0.3, 0.4) is 0 Å². The van der Waals surface area contributed by atoms with Crippen LogP contribution in [0.2, 0.25) is 0 Å². The normalized spacial score (nSPS) is 14.2. The molecule has 0 rings (SSSR count). The van der Waals surface area contributed by atoms with Crippen molar-refractivity contribution in [2.45, 2.75) is 72.6 Å². The van der Waals surface area contributed by atoms with E-state index >= 15 is 0 Å². The van der Waals surface area contributed by atoms with Crippen LogP contribution in [0.4, 0.5) is 0 Å². The number of hydrogen-bond donors (Lipinski definition) is 2. The molecule has 0 aromatic rings. The van der Waals surface area contributed by atoms with Crippen molar-refractivity contribution in [1.29, 1.82) is 0 Å². The van der Waals surface area contributed by atoms with Gasteiger partial charge in [-0.3, -0.25) is 9.59 Å². The Balaban J connectivity index is 4.34. The topological polar surface area (TPSA) is 74.6 Å². The van der Waals surface area contributed by atoms with Crippen LogP contribution in [0, 0.1) is 11.3 Å². The molecule has 0 aliphatic carbocycles. The molecule has 0 saturated heterocycles. The molecular formula is C19H32O4. The van der Waals surface area contributed by atoms with Gasteiger partial charge in [-0.25, -0.2) is 0 Å². The van der Waals surface area contributed by atoms with Gasteiger partial charge in [-0.1, -0.05) is 37.6 Å². The molecule has 0 spiro atoms. The summed E-state index contributed by atoms with van der Waals surface area (Å²) in [4.78, 5) is 22.7. The fraction of sp³-hybridized carbons (Fsp3) is 0.684. The molecule has 0 saturated carbocycles. The number of carboxylic acids is 2. The van der Waals surface area contributed by atoms with Gasteiger partial charge in [0.15, 0.2) is 5.41 Å². The first-order valence-electron chi connectivity index (χ1n) is 8.53. The monoisotopic (exact) mass is 324 g/mol. The summed E-state index contributed by atoms with van der Waals surface area (Å²) in [6.45, 7) is 7.84. The van der Waals surface area contributed by atoms with Crippen molar-refractivity contribution < 1.29 is 19.8 Å². The van der Waals surface area contributed by atoms with Crippen LogP contribution >= 0.6 is 0 Å². The predicted octanol–water partition coefficient (Wildman–Crippen LogP) is 5.05. The average Bonchev–Trinajstić information content (AvgIpc) is 2.48. The Hall–Kier alpha value is -1.58. The van der Waals surface area contributed by atoms with Gasteiger partial charge in [0.2, 0.25) is 0 Å². The van der Waals surface area contributed by atoms with Gasteiger partial charge in [0, 0.05) is 0 Å². The highest BCUT2D eigenvalue weighted by atomic mass is 16.4. The van der Waals surface area contributed by atoms with Crippen molar-refractivity contribution in [2.75, 3.05) is 0 Å². The molecular weight excluding hydrogens is 292 g/mol. The van der Waals surface area contributed by atoms with Gasteiger partial charge in [-0.05, 0) is 64.7 Å². The number of rotatable bonds is 12. The molecule has 0 heterocycles. The number of carbonyl (C=O) groups is 2. The van der Waals surface area contributed by atoms with Gasteiger partial charge in [0.25, 0.3) is 0 Å². The fourth-order valence-electron chi connectivity index (χ4n) is 2.62. The molecule has 0 amide bonds. The van der Waals surface area contributed by atoms with Gasteiger partial charge in [-0.15, -0.1) is 0 Å². The van der Waals surface area contributed by atoms with E-state index in [2.05, 4.69) is 32.1 Å². The second kappa shape index (κ2) is 11.0. The van der Waals surface area contributed by atoms with E-state index in [1.54, 1.807) is 6.92 Å². The molecule has 0 aromatic heterocycles. The molecule has 23 heavy (non-hydrogen) atoms. The Morgan fingerprint density at radius 3 is 2.22 bits per heavy atom. The van der Waals surface area contributed by atoms with Crippen LogP contribution < -0.4 is 0 Å². The minimum Gasteiger partial charge on any atom is -0.480 e. The first kappa shape index (κ1) is 21.4. The maximum Gasteiger partial charge on any atom is 0.321 e. The highest BCUT2D eigenvalue weighted by molar-refractivity contribution is 5.98. The lowest BCUT2D eigenvalue weighted by Gasteiger charge is -2.24. The Morgan fingerprint density at radius 2 is 1.74 bits per heavy atom. The van der Waals surface area contributed by atoms with Crippen LogP contribution in [-0.4, -0.2) is 22.2 Å². The van der Waals surface area contributed by atoms with E-state index in [-0.39, 0.29) is 12.8 Å². The summed E-state index contributed by atoms with van der Waals surface area (Å²) in [5, 5.41) is 18.5. The molecule has 1 atom stereocenters. The lowest BCUT2D eigenvalue weighted by Crippen LogP contribution is -2.39. The Labute approximate surface area is 140 Å². The number of hydrogen-bond acceptors (Lipinski definition) is 2. The van der Waals surface area contributed by atoms with E-state index in [0.717, 1.165) is 25.7 Å². The van der Waals surface area contributed by atoms with E-state index in [1.807, 2.05) is 6.92 Å². The lowest BCUT2D eigenvalue weighted by atomic mass is 9.78. The smallest absolute Gasteiger partial charge is 0.321 e. The third-order valence-corrected chi connectivity index (χ3v) is 4.58. The van der Waals surface area contributed by atoms with Crippen molar-refractivity contribution >= 4 is 11.9 Å². The van der Waals surface area contributed by atoms with Gasteiger partial charge in [-0.2, -0.15) is 0 Å². The van der Waals surface area contributed by atoms with Gasteiger partial charge >= 0.3 is 11.9 Å². The minimum absolute atomic E-state index is 0.119. The molecule has 0 bridgehead atoms. The molecule has 0 aliphatic rings.